The molecule has 0 saturated carbocycles. The van der Waals surface area contributed by atoms with E-state index in [4.69, 9.17) is 5.26 Å². The molecular formula is C25H21N7O4. The highest BCUT2D eigenvalue weighted by Gasteiger charge is 2.15. The van der Waals surface area contributed by atoms with Crippen molar-refractivity contribution in [2.45, 2.75) is 0 Å². The summed E-state index contributed by atoms with van der Waals surface area (Å²) in [5.41, 5.74) is 2.38. The molecule has 1 aliphatic heterocycles. The van der Waals surface area contributed by atoms with E-state index in [-0.39, 0.29) is 16.9 Å². The zero-order valence-corrected chi connectivity index (χ0v) is 18.8. The summed E-state index contributed by atoms with van der Waals surface area (Å²) in [4.78, 5) is 40.8. The van der Waals surface area contributed by atoms with Crippen LogP contribution in [0.1, 0.15) is 21.5 Å². The average molecular weight is 483 g/mol. The Kier molecular flexibility index (Phi) is 7.07. The van der Waals surface area contributed by atoms with E-state index >= 15 is 0 Å². The summed E-state index contributed by atoms with van der Waals surface area (Å²) in [6.45, 7) is 1.53. The predicted octanol–water partition coefficient (Wildman–Crippen LogP) is 3.89. The summed E-state index contributed by atoms with van der Waals surface area (Å²) < 4.78 is 0. The summed E-state index contributed by atoms with van der Waals surface area (Å²) in [7, 11) is 0. The van der Waals surface area contributed by atoms with Crippen LogP contribution in [0.2, 0.25) is 0 Å². The average Bonchev–Trinajstić information content (AvgIpc) is 3.41. The van der Waals surface area contributed by atoms with Gasteiger partial charge in [0.05, 0.1) is 29.4 Å². The number of anilines is 4. The molecule has 0 atom stereocenters. The molecule has 0 unspecified atom stereocenters. The fraction of sp³-hybridized carbons (Fsp3) is 0.0800. The first-order valence-corrected chi connectivity index (χ1v) is 10.8. The number of carboxylic acids is 1. The van der Waals surface area contributed by atoms with E-state index in [1.54, 1.807) is 36.4 Å². The van der Waals surface area contributed by atoms with Crippen molar-refractivity contribution in [3.8, 4) is 6.07 Å². The molecule has 3 aromatic carbocycles. The van der Waals surface area contributed by atoms with E-state index in [2.05, 4.69) is 31.6 Å². The molecule has 36 heavy (non-hydrogen) atoms. The highest BCUT2D eigenvalue weighted by atomic mass is 16.4. The van der Waals surface area contributed by atoms with E-state index in [0.29, 0.717) is 16.9 Å². The van der Waals surface area contributed by atoms with Gasteiger partial charge in [-0.15, -0.1) is 0 Å². The van der Waals surface area contributed by atoms with Gasteiger partial charge in [-0.3, -0.25) is 4.99 Å². The monoisotopic (exact) mass is 483 g/mol. The van der Waals surface area contributed by atoms with Crippen molar-refractivity contribution in [3.05, 3.63) is 83.4 Å². The van der Waals surface area contributed by atoms with Gasteiger partial charge in [-0.2, -0.15) is 5.26 Å². The maximum absolute atomic E-state index is 12.4. The SMILES string of the molecule is N#Cc1ccc(NC(=O)Nc2ccc(NC(=O)Nc3ccc(C4=NCCN4)cc3)cc2C(=O)O)cc1. The Hall–Kier alpha value is -5.37. The number of amidine groups is 1. The number of hydrogen-bond donors (Lipinski definition) is 6. The molecule has 4 rings (SSSR count). The minimum Gasteiger partial charge on any atom is -0.478 e. The number of aromatic carboxylic acids is 1. The van der Waals surface area contributed by atoms with Crippen LogP contribution in [0.5, 0.6) is 0 Å². The van der Waals surface area contributed by atoms with E-state index in [1.807, 2.05) is 18.2 Å². The molecule has 4 amide bonds. The Balaban J connectivity index is 1.38. The van der Waals surface area contributed by atoms with Gasteiger partial charge in [-0.05, 0) is 66.7 Å². The highest BCUT2D eigenvalue weighted by molar-refractivity contribution is 6.06. The number of carbonyl (C=O) groups excluding carboxylic acids is 2. The minimum atomic E-state index is -1.29. The number of amides is 4. The predicted molar refractivity (Wildman–Crippen MR) is 136 cm³/mol. The number of nitriles is 1. The molecule has 3 aromatic rings. The van der Waals surface area contributed by atoms with Gasteiger partial charge >= 0.3 is 18.0 Å². The van der Waals surface area contributed by atoms with Gasteiger partial charge in [-0.1, -0.05) is 0 Å². The molecule has 0 aliphatic carbocycles. The van der Waals surface area contributed by atoms with Gasteiger partial charge in [0.1, 0.15) is 5.84 Å². The molecule has 11 nitrogen and oxygen atoms in total. The van der Waals surface area contributed by atoms with Gasteiger partial charge in [0.2, 0.25) is 0 Å². The first kappa shape index (κ1) is 23.8. The normalized spacial score (nSPS) is 11.9. The molecule has 0 aromatic heterocycles. The Bertz CT molecular complexity index is 1380. The first-order valence-electron chi connectivity index (χ1n) is 10.8. The number of nitrogens with one attached hydrogen (secondary N) is 5. The summed E-state index contributed by atoms with van der Waals surface area (Å²) in [6.07, 6.45) is 0. The molecule has 11 heteroatoms. The molecule has 0 saturated heterocycles. The van der Waals surface area contributed by atoms with Crippen molar-refractivity contribution < 1.29 is 19.5 Å². The number of rotatable bonds is 6. The zero-order valence-electron chi connectivity index (χ0n) is 18.8. The molecule has 0 spiro atoms. The minimum absolute atomic E-state index is 0.0404. The number of carboxylic acid groups (broad SMARTS) is 1. The fourth-order valence-electron chi connectivity index (χ4n) is 3.42. The Morgan fingerprint density at radius 1 is 0.833 bits per heavy atom. The van der Waals surface area contributed by atoms with Crippen molar-refractivity contribution in [1.82, 2.24) is 5.32 Å². The van der Waals surface area contributed by atoms with Crippen molar-refractivity contribution in [1.29, 1.82) is 5.26 Å². The number of benzene rings is 3. The molecule has 180 valence electrons. The number of urea groups is 2. The third kappa shape index (κ3) is 5.95. The van der Waals surface area contributed by atoms with Crippen LogP contribution in [-0.2, 0) is 0 Å². The molecule has 0 fully saturated rings. The van der Waals surface area contributed by atoms with Crippen LogP contribution in [0.25, 0.3) is 0 Å². The molecule has 0 bridgehead atoms. The number of carbonyl (C=O) groups is 3. The van der Waals surface area contributed by atoms with Gasteiger partial charge in [0.15, 0.2) is 0 Å². The van der Waals surface area contributed by atoms with Crippen LogP contribution >= 0.6 is 0 Å². The highest BCUT2D eigenvalue weighted by Crippen LogP contribution is 2.22. The largest absolute Gasteiger partial charge is 0.478 e. The Morgan fingerprint density at radius 2 is 1.42 bits per heavy atom. The lowest BCUT2D eigenvalue weighted by atomic mass is 10.1. The molecule has 6 N–H and O–H groups in total. The number of nitrogens with zero attached hydrogens (tertiary/aromatic N) is 2. The van der Waals surface area contributed by atoms with Gasteiger partial charge in [0, 0.05) is 29.2 Å². The van der Waals surface area contributed by atoms with Crippen molar-refractivity contribution in [2.75, 3.05) is 34.4 Å². The van der Waals surface area contributed by atoms with Gasteiger partial charge in [-0.25, -0.2) is 14.4 Å². The van der Waals surface area contributed by atoms with Crippen molar-refractivity contribution >= 4 is 46.6 Å². The van der Waals surface area contributed by atoms with Crippen LogP contribution in [0.4, 0.5) is 32.3 Å². The molecule has 1 aliphatic rings. The Labute approximate surface area is 205 Å². The third-order valence-electron chi connectivity index (χ3n) is 5.12. The lowest BCUT2D eigenvalue weighted by Crippen LogP contribution is -2.22. The lowest BCUT2D eigenvalue weighted by molar-refractivity contribution is 0.0698. The summed E-state index contributed by atoms with van der Waals surface area (Å²) >= 11 is 0. The van der Waals surface area contributed by atoms with E-state index in [0.717, 1.165) is 24.5 Å². The fourth-order valence-corrected chi connectivity index (χ4v) is 3.42. The van der Waals surface area contributed by atoms with Gasteiger partial charge in [0.25, 0.3) is 0 Å². The third-order valence-corrected chi connectivity index (χ3v) is 5.12. The van der Waals surface area contributed by atoms with Crippen LogP contribution in [0, 0.1) is 11.3 Å². The lowest BCUT2D eigenvalue weighted by Gasteiger charge is -2.13. The maximum atomic E-state index is 12.4. The van der Waals surface area contributed by atoms with Crippen LogP contribution < -0.4 is 26.6 Å². The quantitative estimate of drug-likeness (QED) is 0.311. The summed E-state index contributed by atoms with van der Waals surface area (Å²) in [5.74, 6) is -0.474. The zero-order chi connectivity index (χ0) is 25.5. The molecule has 1 heterocycles. The van der Waals surface area contributed by atoms with Crippen LogP contribution in [-0.4, -0.2) is 42.1 Å². The van der Waals surface area contributed by atoms with E-state index < -0.39 is 18.0 Å². The van der Waals surface area contributed by atoms with E-state index in [9.17, 15) is 19.5 Å². The van der Waals surface area contributed by atoms with Crippen molar-refractivity contribution in [2.24, 2.45) is 4.99 Å². The molecular weight excluding hydrogens is 462 g/mol. The number of aliphatic imine (C=N–C) groups is 1. The van der Waals surface area contributed by atoms with Crippen LogP contribution in [0.15, 0.2) is 71.7 Å². The standard InChI is InChI=1S/C25H21N7O4/c26-14-15-1-5-17(6-2-15)30-25(36)32-21-10-9-19(13-20(21)23(33)34)31-24(35)29-18-7-3-16(4-8-18)22-27-11-12-28-22/h1-10,13H,11-12H2,(H,27,28)(H,33,34)(H2,29,31,35)(H2,30,32,36). The first-order chi connectivity index (χ1) is 17.4. The second-order valence-electron chi connectivity index (χ2n) is 7.65. The number of hydrogen-bond acceptors (Lipinski definition) is 6. The van der Waals surface area contributed by atoms with Gasteiger partial charge < -0.3 is 31.7 Å². The smallest absolute Gasteiger partial charge is 0.337 e. The van der Waals surface area contributed by atoms with E-state index in [1.165, 1.54) is 18.2 Å². The summed E-state index contributed by atoms with van der Waals surface area (Å²) in [6, 6.07) is 18.2. The van der Waals surface area contributed by atoms with Crippen molar-refractivity contribution in [3.63, 3.8) is 0 Å². The maximum Gasteiger partial charge on any atom is 0.337 e. The second kappa shape index (κ2) is 10.7. The second-order valence-corrected chi connectivity index (χ2v) is 7.65. The topological polar surface area (TPSA) is 168 Å². The Morgan fingerprint density at radius 3 is 2.00 bits per heavy atom. The van der Waals surface area contributed by atoms with Crippen LogP contribution in [0.3, 0.4) is 0 Å². The molecule has 0 radical (unpaired) electrons. The summed E-state index contributed by atoms with van der Waals surface area (Å²) in [5, 5.41) is 31.9.